The number of methoxy groups -OCH3 is 1. The molecule has 1 aliphatic rings. The topological polar surface area (TPSA) is 61.1 Å². The Bertz CT molecular complexity index is 702. The lowest BCUT2D eigenvalue weighted by Crippen LogP contribution is -2.30. The zero-order valence-electron chi connectivity index (χ0n) is 14.0. The van der Waals surface area contributed by atoms with E-state index in [0.717, 1.165) is 37.4 Å². The van der Waals surface area contributed by atoms with Gasteiger partial charge >= 0.3 is 5.97 Å². The van der Waals surface area contributed by atoms with E-state index in [1.54, 1.807) is 0 Å². The molecule has 6 nitrogen and oxygen atoms in total. The summed E-state index contributed by atoms with van der Waals surface area (Å²) in [6.45, 7) is 4.69. The van der Waals surface area contributed by atoms with Crippen LogP contribution in [0, 0.1) is 12.8 Å². The molecule has 1 atom stereocenters. The Kier molecular flexibility index (Phi) is 4.52. The third-order valence-electron chi connectivity index (χ3n) is 4.81. The van der Waals surface area contributed by atoms with Crippen LogP contribution in [0.25, 0.3) is 0 Å². The number of nitrogens with zero attached hydrogens (tertiary/aromatic N) is 3. The van der Waals surface area contributed by atoms with Gasteiger partial charge in [0.1, 0.15) is 5.82 Å². The van der Waals surface area contributed by atoms with E-state index in [-0.39, 0.29) is 5.97 Å². The van der Waals surface area contributed by atoms with E-state index in [2.05, 4.69) is 21.1 Å². The first kappa shape index (κ1) is 15.8. The Balaban J connectivity index is 1.56. The van der Waals surface area contributed by atoms with Gasteiger partial charge in [-0.1, -0.05) is 0 Å². The number of ether oxygens (including phenoxy) is 1. The average molecular weight is 316 g/mol. The lowest BCUT2D eigenvalue weighted by molar-refractivity contribution is 0.0600. The number of rotatable bonds is 5. The second-order valence-electron chi connectivity index (χ2n) is 6.22. The number of imidazole rings is 1. The molecule has 0 unspecified atom stereocenters. The minimum atomic E-state index is -0.274. The highest BCUT2D eigenvalue weighted by molar-refractivity contribution is 5.91. The fourth-order valence-corrected chi connectivity index (χ4v) is 3.26. The minimum Gasteiger partial charge on any atom is -0.465 e. The minimum absolute atomic E-state index is 0.274. The molecule has 1 aliphatic heterocycles. The van der Waals surface area contributed by atoms with Crippen molar-refractivity contribution in [1.29, 1.82) is 0 Å². The highest BCUT2D eigenvalue weighted by Crippen LogP contribution is 2.19. The van der Waals surface area contributed by atoms with Crippen molar-refractivity contribution in [1.82, 2.24) is 19.4 Å². The van der Waals surface area contributed by atoms with Gasteiger partial charge in [-0.2, -0.15) is 0 Å². The van der Waals surface area contributed by atoms with Gasteiger partial charge < -0.3 is 19.2 Å². The summed E-state index contributed by atoms with van der Waals surface area (Å²) in [6, 6.07) is 1.92. The summed E-state index contributed by atoms with van der Waals surface area (Å²) in [6.07, 6.45) is 6.16. The van der Waals surface area contributed by atoms with Gasteiger partial charge in [-0.15, -0.1) is 0 Å². The zero-order chi connectivity index (χ0) is 16.4. The third kappa shape index (κ3) is 3.17. The SMILES string of the molecule is COC(=O)c1cc(CNC[C@H]2CCc3nccn3C2)n(C)c1C. The molecule has 0 fully saturated rings. The lowest BCUT2D eigenvalue weighted by Gasteiger charge is -2.24. The van der Waals surface area contributed by atoms with Crippen LogP contribution in [0.1, 0.15) is 34.0 Å². The van der Waals surface area contributed by atoms with Gasteiger partial charge in [0.2, 0.25) is 0 Å². The van der Waals surface area contributed by atoms with Gasteiger partial charge in [0.25, 0.3) is 0 Å². The molecule has 3 heterocycles. The van der Waals surface area contributed by atoms with Crippen molar-refractivity contribution >= 4 is 5.97 Å². The number of aryl methyl sites for hydroxylation is 1. The maximum absolute atomic E-state index is 11.7. The third-order valence-corrected chi connectivity index (χ3v) is 4.81. The number of hydrogen-bond donors (Lipinski definition) is 1. The molecular weight excluding hydrogens is 292 g/mol. The summed E-state index contributed by atoms with van der Waals surface area (Å²) in [4.78, 5) is 16.1. The molecule has 1 N–H and O–H groups in total. The van der Waals surface area contributed by atoms with E-state index in [4.69, 9.17) is 4.74 Å². The van der Waals surface area contributed by atoms with Crippen LogP contribution in [0.3, 0.4) is 0 Å². The second-order valence-corrected chi connectivity index (χ2v) is 6.22. The Morgan fingerprint density at radius 2 is 2.35 bits per heavy atom. The fraction of sp³-hybridized carbons (Fsp3) is 0.529. The highest BCUT2D eigenvalue weighted by Gasteiger charge is 2.19. The Morgan fingerprint density at radius 1 is 1.52 bits per heavy atom. The Morgan fingerprint density at radius 3 is 3.13 bits per heavy atom. The number of fused-ring (bicyclic) bond motifs is 1. The van der Waals surface area contributed by atoms with Crippen molar-refractivity contribution in [2.24, 2.45) is 13.0 Å². The molecule has 0 saturated carbocycles. The largest absolute Gasteiger partial charge is 0.465 e. The molecular formula is C17H24N4O2. The summed E-state index contributed by atoms with van der Waals surface area (Å²) in [5, 5.41) is 3.53. The molecule has 6 heteroatoms. The first-order chi connectivity index (χ1) is 11.1. The molecule has 0 amide bonds. The van der Waals surface area contributed by atoms with Gasteiger partial charge in [-0.25, -0.2) is 9.78 Å². The van der Waals surface area contributed by atoms with Crippen molar-refractivity contribution in [3.8, 4) is 0 Å². The van der Waals surface area contributed by atoms with Gasteiger partial charge in [0.15, 0.2) is 0 Å². The van der Waals surface area contributed by atoms with E-state index in [9.17, 15) is 4.79 Å². The molecule has 2 aromatic rings. The van der Waals surface area contributed by atoms with Crippen LogP contribution in [0.15, 0.2) is 18.5 Å². The predicted molar refractivity (Wildman–Crippen MR) is 87.2 cm³/mol. The van der Waals surface area contributed by atoms with E-state index in [1.165, 1.54) is 19.4 Å². The van der Waals surface area contributed by atoms with Crippen LogP contribution < -0.4 is 5.32 Å². The maximum atomic E-state index is 11.7. The smallest absolute Gasteiger partial charge is 0.339 e. The monoisotopic (exact) mass is 316 g/mol. The van der Waals surface area contributed by atoms with Crippen LogP contribution >= 0.6 is 0 Å². The van der Waals surface area contributed by atoms with Crippen molar-refractivity contribution in [3.63, 3.8) is 0 Å². The fourth-order valence-electron chi connectivity index (χ4n) is 3.26. The second kappa shape index (κ2) is 6.58. The summed E-state index contributed by atoms with van der Waals surface area (Å²) >= 11 is 0. The van der Waals surface area contributed by atoms with Crippen molar-refractivity contribution in [2.45, 2.75) is 32.9 Å². The van der Waals surface area contributed by atoms with E-state index in [1.807, 2.05) is 30.8 Å². The molecule has 0 bridgehead atoms. The van der Waals surface area contributed by atoms with E-state index >= 15 is 0 Å². The number of aromatic nitrogens is 3. The normalized spacial score (nSPS) is 17.1. The maximum Gasteiger partial charge on any atom is 0.339 e. The average Bonchev–Trinajstić information content (AvgIpc) is 3.13. The first-order valence-electron chi connectivity index (χ1n) is 8.04. The van der Waals surface area contributed by atoms with E-state index < -0.39 is 0 Å². The Labute approximate surface area is 136 Å². The van der Waals surface area contributed by atoms with Gasteiger partial charge in [-0.3, -0.25) is 0 Å². The first-order valence-corrected chi connectivity index (χ1v) is 8.04. The molecule has 0 radical (unpaired) electrons. The number of carbonyl (C=O) groups excluding carboxylic acids is 1. The number of esters is 1. The summed E-state index contributed by atoms with van der Waals surface area (Å²) in [5.74, 6) is 1.55. The molecule has 0 aliphatic carbocycles. The van der Waals surface area contributed by atoms with Crippen LogP contribution in [-0.2, 0) is 31.3 Å². The molecule has 3 rings (SSSR count). The van der Waals surface area contributed by atoms with Crippen LogP contribution in [0.2, 0.25) is 0 Å². The van der Waals surface area contributed by atoms with E-state index in [0.29, 0.717) is 11.5 Å². The lowest BCUT2D eigenvalue weighted by atomic mass is 9.99. The molecule has 23 heavy (non-hydrogen) atoms. The predicted octanol–water partition coefficient (Wildman–Crippen LogP) is 1.67. The van der Waals surface area contributed by atoms with Gasteiger partial charge in [-0.05, 0) is 25.3 Å². The van der Waals surface area contributed by atoms with Crippen molar-refractivity contribution < 1.29 is 9.53 Å². The molecule has 0 saturated heterocycles. The standard InChI is InChI=1S/C17H24N4O2/c1-12-15(17(22)23-3)8-14(20(12)2)10-18-9-13-4-5-16-19-6-7-21(16)11-13/h6-8,13,18H,4-5,9-11H2,1-3H3/t13-/m1/s1. The van der Waals surface area contributed by atoms with Gasteiger partial charge in [0.05, 0.1) is 12.7 Å². The van der Waals surface area contributed by atoms with Crippen LogP contribution in [-0.4, -0.2) is 33.7 Å². The zero-order valence-corrected chi connectivity index (χ0v) is 14.0. The number of carbonyl (C=O) groups is 1. The van der Waals surface area contributed by atoms with Crippen LogP contribution in [0.4, 0.5) is 0 Å². The highest BCUT2D eigenvalue weighted by atomic mass is 16.5. The number of hydrogen-bond acceptors (Lipinski definition) is 4. The Hall–Kier alpha value is -2.08. The molecule has 0 spiro atoms. The summed E-state index contributed by atoms with van der Waals surface area (Å²) < 4.78 is 9.13. The van der Waals surface area contributed by atoms with Crippen LogP contribution in [0.5, 0.6) is 0 Å². The van der Waals surface area contributed by atoms with Gasteiger partial charge in [0, 0.05) is 56.9 Å². The van der Waals surface area contributed by atoms with Crippen molar-refractivity contribution in [3.05, 3.63) is 41.2 Å². The number of nitrogens with one attached hydrogen (secondary N) is 1. The summed E-state index contributed by atoms with van der Waals surface area (Å²) in [5.41, 5.74) is 2.68. The quantitative estimate of drug-likeness (QED) is 0.853. The molecule has 2 aromatic heterocycles. The molecule has 124 valence electrons. The van der Waals surface area contributed by atoms with Crippen molar-refractivity contribution in [2.75, 3.05) is 13.7 Å². The summed E-state index contributed by atoms with van der Waals surface area (Å²) in [7, 11) is 3.40. The molecule has 0 aromatic carbocycles.